The average molecular weight is 698 g/mol. The molecule has 13 heteroatoms. The van der Waals surface area contributed by atoms with Gasteiger partial charge in [-0.1, -0.05) is 48.5 Å². The Labute approximate surface area is 298 Å². The Balaban J connectivity index is 1.29. The number of amides is 3. The first-order chi connectivity index (χ1) is 24.9. The molecule has 2 aromatic heterocycles. The van der Waals surface area contributed by atoms with Crippen LogP contribution in [0.3, 0.4) is 0 Å². The quantitative estimate of drug-likeness (QED) is 0.164. The molecule has 3 N–H and O–H groups in total. The van der Waals surface area contributed by atoms with Gasteiger partial charge in [-0.05, 0) is 43.5 Å². The first-order valence-corrected chi connectivity index (χ1v) is 17.4. The number of rotatable bonds is 14. The second kappa shape index (κ2) is 17.4. The number of pyridine rings is 1. The van der Waals surface area contributed by atoms with Crippen molar-refractivity contribution in [1.82, 2.24) is 30.3 Å². The Morgan fingerprint density at radius 1 is 0.922 bits per heavy atom. The number of nitrogens with zero attached hydrogens (tertiary/aromatic N) is 4. The molecule has 0 saturated carbocycles. The molecular formula is C38H47N7O6. The Morgan fingerprint density at radius 3 is 2.37 bits per heavy atom. The van der Waals surface area contributed by atoms with E-state index in [1.807, 2.05) is 55.5 Å². The van der Waals surface area contributed by atoms with E-state index >= 15 is 0 Å². The first kappa shape index (κ1) is 36.0. The Hall–Kier alpha value is -4.82. The second-order valence-corrected chi connectivity index (χ2v) is 12.8. The summed E-state index contributed by atoms with van der Waals surface area (Å²) >= 11 is 0. The van der Waals surface area contributed by atoms with Gasteiger partial charge in [0.25, 0.3) is 5.91 Å². The molecule has 0 unspecified atom stereocenters. The van der Waals surface area contributed by atoms with Crippen molar-refractivity contribution in [3.05, 3.63) is 89.6 Å². The highest BCUT2D eigenvalue weighted by Gasteiger charge is 2.35. The van der Waals surface area contributed by atoms with Crippen molar-refractivity contribution in [2.75, 3.05) is 72.2 Å². The predicted molar refractivity (Wildman–Crippen MR) is 194 cm³/mol. The molecule has 2 fully saturated rings. The van der Waals surface area contributed by atoms with Crippen LogP contribution >= 0.6 is 0 Å². The van der Waals surface area contributed by atoms with E-state index in [1.54, 1.807) is 31.2 Å². The van der Waals surface area contributed by atoms with Gasteiger partial charge >= 0.3 is 6.03 Å². The molecule has 3 amide bonds. The molecule has 270 valence electrons. The minimum atomic E-state index is -0.335. The molecule has 51 heavy (non-hydrogen) atoms. The Morgan fingerprint density at radius 2 is 1.65 bits per heavy atom. The van der Waals surface area contributed by atoms with Crippen LogP contribution in [0.2, 0.25) is 0 Å². The molecule has 4 heterocycles. The van der Waals surface area contributed by atoms with Crippen LogP contribution in [0.25, 0.3) is 16.9 Å². The molecule has 0 aliphatic carbocycles. The van der Waals surface area contributed by atoms with Gasteiger partial charge in [-0.2, -0.15) is 5.10 Å². The van der Waals surface area contributed by atoms with Crippen molar-refractivity contribution in [3.63, 3.8) is 0 Å². The molecule has 4 aromatic rings. The minimum absolute atomic E-state index is 0.0107. The number of ether oxygens (including phenoxy) is 4. The van der Waals surface area contributed by atoms with Crippen molar-refractivity contribution in [2.24, 2.45) is 0 Å². The lowest BCUT2D eigenvalue weighted by Crippen LogP contribution is -2.42. The highest BCUT2D eigenvalue weighted by molar-refractivity contribution is 5.98. The number of para-hydroxylation sites is 1. The summed E-state index contributed by atoms with van der Waals surface area (Å²) in [5.74, 6) is 0.548. The van der Waals surface area contributed by atoms with Crippen LogP contribution in [0.4, 0.5) is 10.6 Å². The molecule has 2 atom stereocenters. The third-order valence-electron chi connectivity index (χ3n) is 9.36. The SMILES string of the molecule is COCCOc1ncc(-c2nn(-c3ccccc3)c(NC(=O)N[C@@H]3CN(CCOC)C[C@H]3c3ccccc3)c2C)cc1C(=O)NC1CCOCC1. The monoisotopic (exact) mass is 697 g/mol. The normalized spacial score (nSPS) is 18.0. The second-order valence-electron chi connectivity index (χ2n) is 12.8. The third-order valence-corrected chi connectivity index (χ3v) is 9.36. The third kappa shape index (κ3) is 8.92. The van der Waals surface area contributed by atoms with Gasteiger partial charge in [-0.3, -0.25) is 15.0 Å². The number of benzene rings is 2. The standard InChI is InChI=1S/C38H47N7O6/c1-26-34(28-22-31(37(39-23-28)51-21-20-49-3)36(46)40-29-14-17-50-18-15-29)43-45(30-12-8-5-9-13-30)35(26)42-38(47)41-33-25-44(16-19-48-2)24-32(33)27-10-6-4-7-11-27/h4-13,22-23,29,32-33H,14-21,24-25H2,1-3H3,(H,40,46)(H2,41,42,47)/t32-,33+/m0/s1. The van der Waals surface area contributed by atoms with E-state index in [-0.39, 0.29) is 42.4 Å². The van der Waals surface area contributed by atoms with Crippen molar-refractivity contribution in [3.8, 4) is 22.8 Å². The van der Waals surface area contributed by atoms with Crippen molar-refractivity contribution in [1.29, 1.82) is 0 Å². The van der Waals surface area contributed by atoms with Crippen molar-refractivity contribution < 1.29 is 28.5 Å². The largest absolute Gasteiger partial charge is 0.475 e. The summed E-state index contributed by atoms with van der Waals surface area (Å²) in [5, 5.41) is 14.5. The zero-order valence-electron chi connectivity index (χ0n) is 29.5. The van der Waals surface area contributed by atoms with Crippen LogP contribution in [-0.2, 0) is 14.2 Å². The average Bonchev–Trinajstić information content (AvgIpc) is 3.71. The molecule has 0 bridgehead atoms. The number of likely N-dealkylation sites (tertiary alicyclic amines) is 1. The zero-order valence-corrected chi connectivity index (χ0v) is 29.5. The highest BCUT2D eigenvalue weighted by atomic mass is 16.5. The molecule has 2 aromatic carbocycles. The maximum Gasteiger partial charge on any atom is 0.320 e. The molecule has 2 aliphatic rings. The fourth-order valence-corrected chi connectivity index (χ4v) is 6.64. The maximum absolute atomic E-state index is 13.8. The topological polar surface area (TPSA) is 141 Å². The summed E-state index contributed by atoms with van der Waals surface area (Å²) in [6.07, 6.45) is 3.10. The number of anilines is 1. The fourth-order valence-electron chi connectivity index (χ4n) is 6.64. The number of urea groups is 1. The molecule has 0 spiro atoms. The van der Waals surface area contributed by atoms with Crippen LogP contribution in [0, 0.1) is 6.92 Å². The lowest BCUT2D eigenvalue weighted by atomic mass is 9.94. The Bertz CT molecular complexity index is 1750. The van der Waals surface area contributed by atoms with Crippen LogP contribution in [0.15, 0.2) is 72.9 Å². The predicted octanol–water partition coefficient (Wildman–Crippen LogP) is 4.41. The number of carbonyl (C=O) groups excluding carboxylic acids is 2. The Kier molecular flexibility index (Phi) is 12.3. The summed E-state index contributed by atoms with van der Waals surface area (Å²) < 4.78 is 23.5. The van der Waals surface area contributed by atoms with E-state index in [1.165, 1.54) is 5.56 Å². The van der Waals surface area contributed by atoms with Crippen molar-refractivity contribution >= 4 is 17.8 Å². The van der Waals surface area contributed by atoms with Crippen LogP contribution in [0.1, 0.15) is 40.2 Å². The van der Waals surface area contributed by atoms with E-state index in [0.29, 0.717) is 61.2 Å². The van der Waals surface area contributed by atoms with Crippen LogP contribution in [-0.4, -0.2) is 111 Å². The van der Waals surface area contributed by atoms with Crippen LogP contribution < -0.4 is 20.7 Å². The van der Waals surface area contributed by atoms with E-state index in [2.05, 4.69) is 38.0 Å². The summed E-state index contributed by atoms with van der Waals surface area (Å²) in [4.78, 5) is 34.4. The zero-order chi connectivity index (χ0) is 35.6. The maximum atomic E-state index is 13.8. The van der Waals surface area contributed by atoms with Gasteiger partial charge in [-0.15, -0.1) is 0 Å². The summed E-state index contributed by atoms with van der Waals surface area (Å²) in [5.41, 5.74) is 4.12. The van der Waals surface area contributed by atoms with E-state index in [9.17, 15) is 9.59 Å². The lowest BCUT2D eigenvalue weighted by molar-refractivity contribution is 0.0693. The molecule has 6 rings (SSSR count). The number of aromatic nitrogens is 3. The van der Waals surface area contributed by atoms with E-state index in [0.717, 1.165) is 31.6 Å². The molecular weight excluding hydrogens is 650 g/mol. The minimum Gasteiger partial charge on any atom is -0.475 e. The highest BCUT2D eigenvalue weighted by Crippen LogP contribution is 2.33. The first-order valence-electron chi connectivity index (χ1n) is 17.4. The summed E-state index contributed by atoms with van der Waals surface area (Å²) in [6, 6.07) is 21.2. The van der Waals surface area contributed by atoms with Gasteiger partial charge in [0.2, 0.25) is 5.88 Å². The van der Waals surface area contributed by atoms with Crippen LogP contribution in [0.5, 0.6) is 5.88 Å². The number of carbonyl (C=O) groups is 2. The van der Waals surface area contributed by atoms with Crippen molar-refractivity contribution in [2.45, 2.75) is 37.8 Å². The molecule has 0 radical (unpaired) electrons. The molecule has 2 aliphatic heterocycles. The van der Waals surface area contributed by atoms with Gasteiger partial charge < -0.3 is 29.6 Å². The van der Waals surface area contributed by atoms with E-state index < -0.39 is 0 Å². The van der Waals surface area contributed by atoms with Gasteiger partial charge in [0, 0.05) is 76.4 Å². The van der Waals surface area contributed by atoms with Gasteiger partial charge in [-0.25, -0.2) is 14.5 Å². The van der Waals surface area contributed by atoms with Gasteiger partial charge in [0.15, 0.2) is 0 Å². The van der Waals surface area contributed by atoms with E-state index in [4.69, 9.17) is 24.0 Å². The van der Waals surface area contributed by atoms with Gasteiger partial charge in [0.05, 0.1) is 30.6 Å². The summed E-state index contributed by atoms with van der Waals surface area (Å²) in [6.45, 7) is 6.58. The molecule has 2 saturated heterocycles. The number of nitrogens with one attached hydrogen (secondary N) is 3. The fraction of sp³-hybridized carbons (Fsp3) is 0.421. The number of hydrogen-bond donors (Lipinski definition) is 3. The smallest absolute Gasteiger partial charge is 0.320 e. The number of hydrogen-bond acceptors (Lipinski definition) is 9. The van der Waals surface area contributed by atoms with Gasteiger partial charge in [0.1, 0.15) is 18.0 Å². The summed E-state index contributed by atoms with van der Waals surface area (Å²) in [7, 11) is 3.29. The lowest BCUT2D eigenvalue weighted by Gasteiger charge is -2.23. The molecule has 13 nitrogen and oxygen atoms in total. The number of methoxy groups -OCH3 is 2.